The van der Waals surface area contributed by atoms with E-state index in [2.05, 4.69) is 5.32 Å². The Hall–Kier alpha value is -1.33. The average molecular weight is 303 g/mol. The minimum absolute atomic E-state index is 0. The number of carbonyl (C=O) groups excluding carboxylic acids is 1. The van der Waals surface area contributed by atoms with Gasteiger partial charge in [0, 0.05) is 25.7 Å². The second-order valence-corrected chi connectivity index (χ2v) is 4.92. The molecule has 4 nitrogen and oxygen atoms in total. The maximum atomic E-state index is 13.5. The summed E-state index contributed by atoms with van der Waals surface area (Å²) in [5.74, 6) is -0.405. The molecule has 0 spiro atoms. The van der Waals surface area contributed by atoms with E-state index in [0.717, 1.165) is 12.1 Å². The quantitative estimate of drug-likeness (QED) is 0.925. The number of carbonyl (C=O) groups is 1. The smallest absolute Gasteiger partial charge is 0.260 e. The van der Waals surface area contributed by atoms with Gasteiger partial charge in [0.2, 0.25) is 0 Å². The predicted octanol–water partition coefficient (Wildman–Crippen LogP) is 1.76. The van der Waals surface area contributed by atoms with Gasteiger partial charge in [0.25, 0.3) is 5.91 Å². The molecule has 1 atom stereocenters. The van der Waals surface area contributed by atoms with Gasteiger partial charge < -0.3 is 15.0 Å². The maximum absolute atomic E-state index is 13.5. The molecule has 6 heteroatoms. The second-order valence-electron chi connectivity index (χ2n) is 4.92. The van der Waals surface area contributed by atoms with Gasteiger partial charge in [-0.25, -0.2) is 4.39 Å². The van der Waals surface area contributed by atoms with E-state index in [-0.39, 0.29) is 36.7 Å². The van der Waals surface area contributed by atoms with Gasteiger partial charge >= 0.3 is 0 Å². The summed E-state index contributed by atoms with van der Waals surface area (Å²) in [4.78, 5) is 13.7. The molecule has 0 saturated carbocycles. The van der Waals surface area contributed by atoms with E-state index < -0.39 is 5.82 Å². The molecule has 1 aliphatic rings. The van der Waals surface area contributed by atoms with Gasteiger partial charge in [-0.15, -0.1) is 12.4 Å². The van der Waals surface area contributed by atoms with Gasteiger partial charge in [-0.05, 0) is 31.5 Å². The van der Waals surface area contributed by atoms with Crippen molar-refractivity contribution in [2.75, 3.05) is 26.2 Å². The van der Waals surface area contributed by atoms with E-state index >= 15 is 0 Å². The fraction of sp³-hybridized carbons (Fsp3) is 0.500. The maximum Gasteiger partial charge on any atom is 0.260 e. The number of hydrogen-bond donors (Lipinski definition) is 1. The van der Waals surface area contributed by atoms with Gasteiger partial charge in [-0.3, -0.25) is 4.79 Å². The number of piperazine rings is 1. The zero-order valence-electron chi connectivity index (χ0n) is 11.7. The molecule has 1 amide bonds. The van der Waals surface area contributed by atoms with Crippen LogP contribution < -0.4 is 10.1 Å². The van der Waals surface area contributed by atoms with Crippen molar-refractivity contribution in [1.82, 2.24) is 10.2 Å². The Morgan fingerprint density at radius 2 is 2.30 bits per heavy atom. The van der Waals surface area contributed by atoms with Gasteiger partial charge in [-0.2, -0.15) is 0 Å². The summed E-state index contributed by atoms with van der Waals surface area (Å²) in [5, 5.41) is 3.26. The van der Waals surface area contributed by atoms with Crippen LogP contribution in [0.4, 0.5) is 4.39 Å². The molecule has 1 aromatic rings. The highest BCUT2D eigenvalue weighted by molar-refractivity contribution is 5.85. The molecule has 0 aromatic heterocycles. The topological polar surface area (TPSA) is 41.6 Å². The Kier molecular flexibility index (Phi) is 6.23. The zero-order valence-corrected chi connectivity index (χ0v) is 12.5. The van der Waals surface area contributed by atoms with Crippen LogP contribution in [0.1, 0.15) is 12.5 Å². The van der Waals surface area contributed by atoms with Gasteiger partial charge in [0.05, 0.1) is 0 Å². The Bertz CT molecular complexity index is 470. The van der Waals surface area contributed by atoms with Crippen molar-refractivity contribution < 1.29 is 13.9 Å². The first kappa shape index (κ1) is 16.7. The molecule has 1 aromatic carbocycles. The van der Waals surface area contributed by atoms with Crippen LogP contribution in [0.15, 0.2) is 18.2 Å². The molecule has 1 fully saturated rings. The van der Waals surface area contributed by atoms with Crippen LogP contribution in [0.3, 0.4) is 0 Å². The number of nitrogens with one attached hydrogen (secondary N) is 1. The molecule has 2 rings (SSSR count). The lowest BCUT2D eigenvalue weighted by Crippen LogP contribution is -2.52. The van der Waals surface area contributed by atoms with Crippen molar-refractivity contribution in [3.05, 3.63) is 29.6 Å². The van der Waals surface area contributed by atoms with Crippen LogP contribution in [0.2, 0.25) is 0 Å². The highest BCUT2D eigenvalue weighted by Crippen LogP contribution is 2.18. The number of aryl methyl sites for hydroxylation is 1. The minimum atomic E-state index is -0.438. The highest BCUT2D eigenvalue weighted by atomic mass is 35.5. The molecule has 0 bridgehead atoms. The molecular weight excluding hydrogens is 283 g/mol. The first-order chi connectivity index (χ1) is 9.06. The van der Waals surface area contributed by atoms with Crippen LogP contribution >= 0.6 is 12.4 Å². The first-order valence-corrected chi connectivity index (χ1v) is 6.46. The number of amides is 1. The molecule has 1 saturated heterocycles. The summed E-state index contributed by atoms with van der Waals surface area (Å²) in [6, 6.07) is 4.90. The molecule has 112 valence electrons. The fourth-order valence-corrected chi connectivity index (χ4v) is 2.11. The Morgan fingerprint density at radius 3 is 3.00 bits per heavy atom. The lowest BCUT2D eigenvalue weighted by molar-refractivity contribution is -0.134. The monoisotopic (exact) mass is 302 g/mol. The van der Waals surface area contributed by atoms with Gasteiger partial charge in [0.1, 0.15) is 0 Å². The van der Waals surface area contributed by atoms with Crippen LogP contribution in [-0.4, -0.2) is 43.1 Å². The minimum Gasteiger partial charge on any atom is -0.481 e. The summed E-state index contributed by atoms with van der Waals surface area (Å²) in [6.45, 7) is 5.88. The third kappa shape index (κ3) is 4.35. The van der Waals surface area contributed by atoms with Crippen LogP contribution in [-0.2, 0) is 4.79 Å². The van der Waals surface area contributed by atoms with Crippen molar-refractivity contribution >= 4 is 18.3 Å². The van der Waals surface area contributed by atoms with E-state index in [1.807, 2.05) is 13.8 Å². The van der Waals surface area contributed by atoms with Crippen LogP contribution in [0.25, 0.3) is 0 Å². The number of hydrogen-bond acceptors (Lipinski definition) is 3. The van der Waals surface area contributed by atoms with Crippen molar-refractivity contribution in [3.63, 3.8) is 0 Å². The van der Waals surface area contributed by atoms with Crippen LogP contribution in [0, 0.1) is 12.7 Å². The molecule has 0 radical (unpaired) electrons. The summed E-state index contributed by atoms with van der Waals surface area (Å²) >= 11 is 0. The van der Waals surface area contributed by atoms with E-state index in [9.17, 15) is 9.18 Å². The lowest BCUT2D eigenvalue weighted by atomic mass is 10.2. The lowest BCUT2D eigenvalue weighted by Gasteiger charge is -2.31. The Morgan fingerprint density at radius 1 is 1.55 bits per heavy atom. The number of halogens is 2. The zero-order chi connectivity index (χ0) is 13.8. The van der Waals surface area contributed by atoms with E-state index in [1.165, 1.54) is 6.07 Å². The van der Waals surface area contributed by atoms with Gasteiger partial charge in [-0.1, -0.05) is 6.07 Å². The molecule has 20 heavy (non-hydrogen) atoms. The highest BCUT2D eigenvalue weighted by Gasteiger charge is 2.20. The number of benzene rings is 1. The standard InChI is InChI=1S/C14H19FN2O2.ClH/c1-10-3-4-12(15)13(7-10)19-9-14(18)17-6-5-16-11(2)8-17;/h3-4,7,11,16H,5-6,8-9H2,1-2H3;1H/t11-;/m1./s1. The normalized spacial score (nSPS) is 18.4. The van der Waals surface area contributed by atoms with Crippen molar-refractivity contribution in [1.29, 1.82) is 0 Å². The summed E-state index contributed by atoms with van der Waals surface area (Å²) in [5.41, 5.74) is 0.902. The molecule has 0 unspecified atom stereocenters. The van der Waals surface area contributed by atoms with E-state index in [4.69, 9.17) is 4.74 Å². The number of ether oxygens (including phenoxy) is 1. The van der Waals surface area contributed by atoms with Gasteiger partial charge in [0.15, 0.2) is 18.2 Å². The van der Waals surface area contributed by atoms with E-state index in [1.54, 1.807) is 17.0 Å². The summed E-state index contributed by atoms with van der Waals surface area (Å²) < 4.78 is 18.7. The largest absolute Gasteiger partial charge is 0.481 e. The molecule has 1 heterocycles. The average Bonchev–Trinajstić information content (AvgIpc) is 2.39. The van der Waals surface area contributed by atoms with E-state index in [0.29, 0.717) is 13.1 Å². The molecular formula is C14H20ClFN2O2. The van der Waals surface area contributed by atoms with Crippen molar-refractivity contribution in [2.24, 2.45) is 0 Å². The molecule has 1 aliphatic heterocycles. The van der Waals surface area contributed by atoms with Crippen molar-refractivity contribution in [3.8, 4) is 5.75 Å². The molecule has 1 N–H and O–H groups in total. The molecule has 0 aliphatic carbocycles. The number of nitrogens with zero attached hydrogens (tertiary/aromatic N) is 1. The summed E-state index contributed by atoms with van der Waals surface area (Å²) in [6.07, 6.45) is 0. The Labute approximate surface area is 124 Å². The number of rotatable bonds is 3. The Balaban J connectivity index is 0.00000200. The fourth-order valence-electron chi connectivity index (χ4n) is 2.11. The third-order valence-corrected chi connectivity index (χ3v) is 3.16. The SMILES string of the molecule is Cc1ccc(F)c(OCC(=O)N2CCN[C@H](C)C2)c1.Cl. The first-order valence-electron chi connectivity index (χ1n) is 6.46. The summed E-state index contributed by atoms with van der Waals surface area (Å²) in [7, 11) is 0. The van der Waals surface area contributed by atoms with Crippen LogP contribution in [0.5, 0.6) is 5.75 Å². The third-order valence-electron chi connectivity index (χ3n) is 3.16. The predicted molar refractivity (Wildman–Crippen MR) is 77.9 cm³/mol. The second kappa shape index (κ2) is 7.45. The van der Waals surface area contributed by atoms with Crippen molar-refractivity contribution in [2.45, 2.75) is 19.9 Å².